The maximum atomic E-state index is 12.8. The number of ether oxygens (including phenoxy) is 1. The molecule has 0 spiro atoms. The topological polar surface area (TPSA) is 21.3 Å². The van der Waals surface area contributed by atoms with Gasteiger partial charge < -0.3 is 10.1 Å². The van der Waals surface area contributed by atoms with Crippen LogP contribution in [0.2, 0.25) is 0 Å². The molecule has 0 radical (unpaired) electrons. The van der Waals surface area contributed by atoms with Crippen LogP contribution in [0.3, 0.4) is 0 Å². The molecule has 2 aromatic rings. The third kappa shape index (κ3) is 6.17. The SMILES string of the molecule is C#CCOc1cccc(CNCCc2ccc(F)cc2)c1.Cl. The first-order valence-electron chi connectivity index (χ1n) is 6.88. The fraction of sp³-hybridized carbons (Fsp3) is 0.222. The van der Waals surface area contributed by atoms with E-state index in [4.69, 9.17) is 11.2 Å². The summed E-state index contributed by atoms with van der Waals surface area (Å²) in [6, 6.07) is 14.4. The first kappa shape index (κ1) is 18.0. The molecular formula is C18H19ClFNO. The lowest BCUT2D eigenvalue weighted by molar-refractivity contribution is 0.370. The van der Waals surface area contributed by atoms with Crippen LogP contribution >= 0.6 is 12.4 Å². The Kier molecular flexibility index (Phi) is 8.06. The molecule has 0 aliphatic carbocycles. The van der Waals surface area contributed by atoms with Crippen molar-refractivity contribution in [2.45, 2.75) is 13.0 Å². The van der Waals surface area contributed by atoms with Crippen molar-refractivity contribution < 1.29 is 9.13 Å². The van der Waals surface area contributed by atoms with Gasteiger partial charge in [-0.1, -0.05) is 30.2 Å². The van der Waals surface area contributed by atoms with E-state index in [1.165, 1.54) is 12.1 Å². The summed E-state index contributed by atoms with van der Waals surface area (Å²) in [6.45, 7) is 1.87. The van der Waals surface area contributed by atoms with Crippen LogP contribution in [0.5, 0.6) is 5.75 Å². The molecule has 0 heterocycles. The largest absolute Gasteiger partial charge is 0.481 e. The summed E-state index contributed by atoms with van der Waals surface area (Å²) in [5, 5.41) is 3.36. The summed E-state index contributed by atoms with van der Waals surface area (Å²) in [4.78, 5) is 0. The van der Waals surface area contributed by atoms with Crippen LogP contribution in [-0.4, -0.2) is 13.2 Å². The Balaban J connectivity index is 0.00000242. The first-order valence-corrected chi connectivity index (χ1v) is 6.88. The second-order valence-electron chi connectivity index (χ2n) is 4.69. The van der Waals surface area contributed by atoms with Crippen LogP contribution in [0.25, 0.3) is 0 Å². The first-order chi connectivity index (χ1) is 10.3. The van der Waals surface area contributed by atoms with Crippen molar-refractivity contribution in [3.63, 3.8) is 0 Å². The summed E-state index contributed by atoms with van der Waals surface area (Å²) in [7, 11) is 0. The van der Waals surface area contributed by atoms with Gasteiger partial charge in [-0.25, -0.2) is 4.39 Å². The highest BCUT2D eigenvalue weighted by Gasteiger charge is 1.98. The van der Waals surface area contributed by atoms with Gasteiger partial charge in [0.2, 0.25) is 0 Å². The predicted molar refractivity (Wildman–Crippen MR) is 89.8 cm³/mol. The minimum Gasteiger partial charge on any atom is -0.481 e. The van der Waals surface area contributed by atoms with Gasteiger partial charge in [-0.05, 0) is 48.4 Å². The molecular weight excluding hydrogens is 301 g/mol. The summed E-state index contributed by atoms with van der Waals surface area (Å²) >= 11 is 0. The Bertz CT molecular complexity index is 607. The molecule has 2 aromatic carbocycles. The summed E-state index contributed by atoms with van der Waals surface area (Å²) < 4.78 is 18.2. The van der Waals surface area contributed by atoms with E-state index in [1.807, 2.05) is 36.4 Å². The lowest BCUT2D eigenvalue weighted by Crippen LogP contribution is -2.16. The molecule has 116 valence electrons. The van der Waals surface area contributed by atoms with Crippen molar-refractivity contribution >= 4 is 12.4 Å². The predicted octanol–water partition coefficient (Wildman–Crippen LogP) is 3.59. The van der Waals surface area contributed by atoms with Crippen molar-refractivity contribution in [3.05, 3.63) is 65.5 Å². The number of benzene rings is 2. The van der Waals surface area contributed by atoms with Crippen LogP contribution < -0.4 is 10.1 Å². The van der Waals surface area contributed by atoms with Crippen molar-refractivity contribution in [1.29, 1.82) is 0 Å². The van der Waals surface area contributed by atoms with Crippen molar-refractivity contribution in [1.82, 2.24) is 5.32 Å². The molecule has 0 aromatic heterocycles. The van der Waals surface area contributed by atoms with E-state index in [9.17, 15) is 4.39 Å². The molecule has 2 nitrogen and oxygen atoms in total. The Morgan fingerprint density at radius 1 is 1.09 bits per heavy atom. The fourth-order valence-corrected chi connectivity index (χ4v) is 1.99. The molecule has 0 unspecified atom stereocenters. The highest BCUT2D eigenvalue weighted by atomic mass is 35.5. The number of terminal acetylenes is 1. The second kappa shape index (κ2) is 9.83. The zero-order valence-electron chi connectivity index (χ0n) is 12.2. The maximum absolute atomic E-state index is 12.8. The monoisotopic (exact) mass is 319 g/mol. The summed E-state index contributed by atoms with van der Waals surface area (Å²) in [5.74, 6) is 3.03. The van der Waals surface area contributed by atoms with Crippen LogP contribution in [0.1, 0.15) is 11.1 Å². The van der Waals surface area contributed by atoms with Crippen molar-refractivity contribution in [3.8, 4) is 18.1 Å². The van der Waals surface area contributed by atoms with E-state index in [-0.39, 0.29) is 24.8 Å². The molecule has 2 rings (SSSR count). The quantitative estimate of drug-likeness (QED) is 0.622. The van der Waals surface area contributed by atoms with E-state index < -0.39 is 0 Å². The van der Waals surface area contributed by atoms with E-state index in [2.05, 4.69) is 11.2 Å². The molecule has 4 heteroatoms. The lowest BCUT2D eigenvalue weighted by Gasteiger charge is -2.07. The van der Waals surface area contributed by atoms with E-state index in [1.54, 1.807) is 0 Å². The highest BCUT2D eigenvalue weighted by molar-refractivity contribution is 5.85. The van der Waals surface area contributed by atoms with Gasteiger partial charge in [0.25, 0.3) is 0 Å². The van der Waals surface area contributed by atoms with E-state index in [0.29, 0.717) is 0 Å². The molecule has 0 saturated heterocycles. The summed E-state index contributed by atoms with van der Waals surface area (Å²) in [6.07, 6.45) is 6.04. The van der Waals surface area contributed by atoms with E-state index >= 15 is 0 Å². The van der Waals surface area contributed by atoms with Gasteiger partial charge in [-0.15, -0.1) is 18.8 Å². The number of rotatable bonds is 7. The van der Waals surface area contributed by atoms with E-state index in [0.717, 1.165) is 36.4 Å². The molecule has 0 amide bonds. The van der Waals surface area contributed by atoms with Gasteiger partial charge >= 0.3 is 0 Å². The summed E-state index contributed by atoms with van der Waals surface area (Å²) in [5.41, 5.74) is 2.26. The lowest BCUT2D eigenvalue weighted by atomic mass is 10.1. The van der Waals surface area contributed by atoms with Gasteiger partial charge in [-0.2, -0.15) is 0 Å². The van der Waals surface area contributed by atoms with Gasteiger partial charge in [0.05, 0.1) is 0 Å². The molecule has 0 bridgehead atoms. The molecule has 0 aliphatic rings. The molecule has 0 saturated carbocycles. The van der Waals surface area contributed by atoms with Gasteiger partial charge in [0.15, 0.2) is 0 Å². The Morgan fingerprint density at radius 2 is 1.86 bits per heavy atom. The number of nitrogens with one attached hydrogen (secondary N) is 1. The van der Waals surface area contributed by atoms with Gasteiger partial charge in [0, 0.05) is 6.54 Å². The minimum atomic E-state index is -0.199. The molecule has 0 atom stereocenters. The zero-order chi connectivity index (χ0) is 14.9. The molecule has 22 heavy (non-hydrogen) atoms. The van der Waals surface area contributed by atoms with Gasteiger partial charge in [0.1, 0.15) is 18.2 Å². The van der Waals surface area contributed by atoms with Crippen molar-refractivity contribution in [2.75, 3.05) is 13.2 Å². The van der Waals surface area contributed by atoms with Crippen LogP contribution in [0.4, 0.5) is 4.39 Å². The van der Waals surface area contributed by atoms with Crippen LogP contribution in [-0.2, 0) is 13.0 Å². The van der Waals surface area contributed by atoms with Crippen molar-refractivity contribution in [2.24, 2.45) is 0 Å². The molecule has 0 aliphatic heterocycles. The average molecular weight is 320 g/mol. The Labute approximate surface area is 137 Å². The Morgan fingerprint density at radius 3 is 2.59 bits per heavy atom. The minimum absolute atomic E-state index is 0. The third-order valence-corrected chi connectivity index (χ3v) is 3.05. The van der Waals surface area contributed by atoms with Gasteiger partial charge in [-0.3, -0.25) is 0 Å². The van der Waals surface area contributed by atoms with Crippen LogP contribution in [0, 0.1) is 18.2 Å². The second-order valence-corrected chi connectivity index (χ2v) is 4.69. The number of hydrogen-bond acceptors (Lipinski definition) is 2. The molecule has 0 fully saturated rings. The fourth-order valence-electron chi connectivity index (χ4n) is 1.99. The number of hydrogen-bond donors (Lipinski definition) is 1. The standard InChI is InChI=1S/C18H18FNO.ClH/c1-2-12-21-18-5-3-4-16(13-18)14-20-11-10-15-6-8-17(19)9-7-15;/h1,3-9,13,20H,10-12,14H2;1H. The average Bonchev–Trinajstić information content (AvgIpc) is 2.52. The Hall–Kier alpha value is -2.02. The third-order valence-electron chi connectivity index (χ3n) is 3.05. The highest BCUT2D eigenvalue weighted by Crippen LogP contribution is 2.13. The normalized spacial score (nSPS) is 9.64. The maximum Gasteiger partial charge on any atom is 0.148 e. The molecule has 1 N–H and O–H groups in total. The van der Waals surface area contributed by atoms with Crippen LogP contribution in [0.15, 0.2) is 48.5 Å². The smallest absolute Gasteiger partial charge is 0.148 e. The number of halogens is 2. The zero-order valence-corrected chi connectivity index (χ0v) is 13.0.